The molecule has 0 aromatic heterocycles. The molecule has 0 amide bonds. The van der Waals surface area contributed by atoms with Gasteiger partial charge in [0.15, 0.2) is 6.29 Å². The van der Waals surface area contributed by atoms with Crippen molar-refractivity contribution < 1.29 is 54.7 Å². The van der Waals surface area contributed by atoms with Gasteiger partial charge in [-0.25, -0.2) is 0 Å². The fourth-order valence-electron chi connectivity index (χ4n) is 3.45. The normalized spacial score (nSPS) is 42.2. The second-order valence-corrected chi connectivity index (χ2v) is 7.89. The minimum absolute atomic E-state index is 0.300. The average molecular weight is 446 g/mol. The minimum Gasteiger partial charge on any atom is -0.462 e. The quantitative estimate of drug-likeness (QED) is 0.251. The minimum atomic E-state index is -1.60. The van der Waals surface area contributed by atoms with Gasteiger partial charge in [0, 0.05) is 0 Å². The Kier molecular flexibility index (Phi) is 7.86. The van der Waals surface area contributed by atoms with E-state index in [4.69, 9.17) is 18.9 Å². The molecule has 0 unspecified atom stereocenters. The maximum atomic E-state index is 10.2. The van der Waals surface area contributed by atoms with Crippen LogP contribution in [0.2, 0.25) is 0 Å². The Bertz CT molecular complexity index is 699. The number of hydrogen-bond donors (Lipinski definition) is 7. The fraction of sp³-hybridized carbons (Fsp3) is 0.700. The summed E-state index contributed by atoms with van der Waals surface area (Å²) >= 11 is 0. The number of benzene rings is 1. The number of aliphatic hydroxyl groups excluding tert-OH is 7. The lowest BCUT2D eigenvalue weighted by Gasteiger charge is -2.42. The van der Waals surface area contributed by atoms with Crippen molar-refractivity contribution in [2.75, 3.05) is 6.61 Å². The zero-order valence-electron chi connectivity index (χ0n) is 17.1. The van der Waals surface area contributed by atoms with Gasteiger partial charge >= 0.3 is 0 Å². The summed E-state index contributed by atoms with van der Waals surface area (Å²) in [6.45, 7) is 2.73. The molecule has 2 aliphatic heterocycles. The van der Waals surface area contributed by atoms with Gasteiger partial charge in [-0.1, -0.05) is 12.1 Å². The van der Waals surface area contributed by atoms with Crippen LogP contribution in [0.5, 0.6) is 5.75 Å². The van der Waals surface area contributed by atoms with Gasteiger partial charge in [-0.15, -0.1) is 0 Å². The SMILES string of the molecule is C[C@@H]1O[C@@H](OC[C@H]2O[C@@H](Oc3ccc([C@@H](C)O)cc3)[C@H](O)[C@@H](O)[C@@H]2O)[C@H](O)[C@H](O)[C@H]1O. The van der Waals surface area contributed by atoms with Crippen molar-refractivity contribution >= 4 is 0 Å². The first-order chi connectivity index (χ1) is 14.6. The Morgan fingerprint density at radius 3 is 2.00 bits per heavy atom. The van der Waals surface area contributed by atoms with Crippen molar-refractivity contribution in [1.82, 2.24) is 0 Å². The van der Waals surface area contributed by atoms with E-state index in [9.17, 15) is 35.7 Å². The number of hydrogen-bond acceptors (Lipinski definition) is 11. The molecule has 1 aromatic rings. The van der Waals surface area contributed by atoms with Gasteiger partial charge in [-0.3, -0.25) is 0 Å². The van der Waals surface area contributed by atoms with Crippen LogP contribution >= 0.6 is 0 Å². The second kappa shape index (κ2) is 10.0. The van der Waals surface area contributed by atoms with Crippen molar-refractivity contribution in [3.8, 4) is 5.75 Å². The first-order valence-corrected chi connectivity index (χ1v) is 10.1. The lowest BCUT2D eigenvalue weighted by Crippen LogP contribution is -2.61. The van der Waals surface area contributed by atoms with E-state index in [1.54, 1.807) is 31.2 Å². The molecule has 0 bridgehead atoms. The first-order valence-electron chi connectivity index (χ1n) is 10.1. The highest BCUT2D eigenvalue weighted by Gasteiger charge is 2.47. The summed E-state index contributed by atoms with van der Waals surface area (Å²) in [4.78, 5) is 0. The van der Waals surface area contributed by atoms with E-state index >= 15 is 0 Å². The summed E-state index contributed by atoms with van der Waals surface area (Å²) in [7, 11) is 0. The summed E-state index contributed by atoms with van der Waals surface area (Å²) in [6.07, 6.45) is -14.3. The summed E-state index contributed by atoms with van der Waals surface area (Å²) in [6, 6.07) is 6.37. The summed E-state index contributed by atoms with van der Waals surface area (Å²) < 4.78 is 21.9. The Balaban J connectivity index is 1.63. The van der Waals surface area contributed by atoms with E-state index in [1.165, 1.54) is 6.92 Å². The van der Waals surface area contributed by atoms with Crippen LogP contribution in [0.25, 0.3) is 0 Å². The molecule has 176 valence electrons. The third-order valence-corrected chi connectivity index (χ3v) is 5.52. The molecule has 0 radical (unpaired) electrons. The molecule has 1 aromatic carbocycles. The molecule has 11 heteroatoms. The van der Waals surface area contributed by atoms with Crippen LogP contribution in [-0.2, 0) is 14.2 Å². The summed E-state index contributed by atoms with van der Waals surface area (Å²) in [5.41, 5.74) is 0.659. The molecule has 0 spiro atoms. The highest BCUT2D eigenvalue weighted by Crippen LogP contribution is 2.27. The Morgan fingerprint density at radius 1 is 0.806 bits per heavy atom. The fourth-order valence-corrected chi connectivity index (χ4v) is 3.45. The molecule has 2 aliphatic rings. The molecule has 7 N–H and O–H groups in total. The zero-order chi connectivity index (χ0) is 22.9. The van der Waals surface area contributed by atoms with E-state index in [0.29, 0.717) is 11.3 Å². The average Bonchev–Trinajstić information content (AvgIpc) is 2.75. The molecule has 0 saturated carbocycles. The number of aliphatic hydroxyl groups is 7. The van der Waals surface area contributed by atoms with E-state index in [2.05, 4.69) is 0 Å². The van der Waals surface area contributed by atoms with Crippen molar-refractivity contribution in [2.24, 2.45) is 0 Å². The highest BCUT2D eigenvalue weighted by molar-refractivity contribution is 5.28. The Morgan fingerprint density at radius 2 is 1.39 bits per heavy atom. The maximum Gasteiger partial charge on any atom is 0.229 e. The summed E-state index contributed by atoms with van der Waals surface area (Å²) in [5.74, 6) is 0.300. The molecular formula is C20H30O11. The van der Waals surface area contributed by atoms with Crippen LogP contribution in [0, 0.1) is 0 Å². The first kappa shape index (κ1) is 24.3. The number of rotatable bonds is 6. The van der Waals surface area contributed by atoms with Gasteiger partial charge in [-0.05, 0) is 31.5 Å². The lowest BCUT2D eigenvalue weighted by atomic mass is 9.98. The lowest BCUT2D eigenvalue weighted by molar-refractivity contribution is -0.318. The van der Waals surface area contributed by atoms with Crippen LogP contribution < -0.4 is 4.74 Å². The van der Waals surface area contributed by atoms with Gasteiger partial charge in [0.1, 0.15) is 48.5 Å². The van der Waals surface area contributed by atoms with Crippen LogP contribution in [0.15, 0.2) is 24.3 Å². The van der Waals surface area contributed by atoms with Crippen molar-refractivity contribution in [2.45, 2.75) is 81.4 Å². The molecule has 2 saturated heterocycles. The molecule has 2 heterocycles. The highest BCUT2D eigenvalue weighted by atomic mass is 16.7. The molecule has 11 nitrogen and oxygen atoms in total. The van der Waals surface area contributed by atoms with Crippen LogP contribution in [0.4, 0.5) is 0 Å². The third kappa shape index (κ3) is 5.34. The van der Waals surface area contributed by atoms with Gasteiger partial charge in [-0.2, -0.15) is 0 Å². The van der Waals surface area contributed by atoms with Gasteiger partial charge in [0.25, 0.3) is 0 Å². The predicted molar refractivity (Wildman–Crippen MR) is 103 cm³/mol. The van der Waals surface area contributed by atoms with Crippen LogP contribution in [0.3, 0.4) is 0 Å². The van der Waals surface area contributed by atoms with Crippen LogP contribution in [-0.4, -0.2) is 104 Å². The maximum absolute atomic E-state index is 10.2. The van der Waals surface area contributed by atoms with E-state index in [0.717, 1.165) is 0 Å². The molecular weight excluding hydrogens is 416 g/mol. The molecule has 2 fully saturated rings. The smallest absolute Gasteiger partial charge is 0.229 e. The Hall–Kier alpha value is -1.38. The van der Waals surface area contributed by atoms with Gasteiger partial charge < -0.3 is 54.7 Å². The van der Waals surface area contributed by atoms with E-state index < -0.39 is 67.5 Å². The second-order valence-electron chi connectivity index (χ2n) is 7.89. The summed E-state index contributed by atoms with van der Waals surface area (Å²) in [5, 5.41) is 69.8. The van der Waals surface area contributed by atoms with Gasteiger partial charge in [0.05, 0.1) is 18.8 Å². The molecule has 0 aliphatic carbocycles. The molecule has 3 rings (SSSR count). The van der Waals surface area contributed by atoms with Crippen LogP contribution in [0.1, 0.15) is 25.5 Å². The molecule has 31 heavy (non-hydrogen) atoms. The topological polar surface area (TPSA) is 179 Å². The van der Waals surface area contributed by atoms with Crippen molar-refractivity contribution in [1.29, 1.82) is 0 Å². The van der Waals surface area contributed by atoms with Gasteiger partial charge in [0.2, 0.25) is 6.29 Å². The van der Waals surface area contributed by atoms with E-state index in [1.807, 2.05) is 0 Å². The Labute approximate surface area is 179 Å². The van der Waals surface area contributed by atoms with Crippen molar-refractivity contribution in [3.63, 3.8) is 0 Å². The third-order valence-electron chi connectivity index (χ3n) is 5.52. The predicted octanol–water partition coefficient (Wildman–Crippen LogP) is -2.23. The van der Waals surface area contributed by atoms with E-state index in [-0.39, 0.29) is 6.61 Å². The van der Waals surface area contributed by atoms with Crippen molar-refractivity contribution in [3.05, 3.63) is 29.8 Å². The molecule has 11 atom stereocenters. The largest absolute Gasteiger partial charge is 0.462 e. The monoisotopic (exact) mass is 446 g/mol. The zero-order valence-corrected chi connectivity index (χ0v) is 17.1. The number of ether oxygens (including phenoxy) is 4. The standard InChI is InChI=1S/C20H30O11/c1-8(21)10-3-5-11(6-4-10)30-20-18(27)16(25)14(23)12(31-20)7-28-19-17(26)15(24)13(22)9(2)29-19/h3-6,8-9,12-27H,7H2,1-2H3/t8-,9+,12-,13+,14-,15-,16+,17-,18-,19-,20-/m1/s1.